The smallest absolute Gasteiger partial charge is 0.0242 e. The lowest BCUT2D eigenvalue weighted by molar-refractivity contribution is 0.178. The molecule has 1 aliphatic carbocycles. The molecule has 1 aromatic carbocycles. The molecule has 2 nitrogen and oxygen atoms in total. The predicted molar refractivity (Wildman–Crippen MR) is 71.2 cm³/mol. The van der Waals surface area contributed by atoms with Gasteiger partial charge in [0, 0.05) is 23.6 Å². The van der Waals surface area contributed by atoms with E-state index in [4.69, 9.17) is 5.73 Å². The Kier molecular flexibility index (Phi) is 4.00. The van der Waals surface area contributed by atoms with E-state index in [0.29, 0.717) is 6.04 Å². The number of halogens is 1. The number of nitrogens with zero attached hydrogens (tertiary/aromatic N) is 1. The molecule has 3 heteroatoms. The lowest BCUT2D eigenvalue weighted by Crippen LogP contribution is -2.41. The number of hydrogen-bond acceptors (Lipinski definition) is 2. The maximum Gasteiger partial charge on any atom is 0.0242 e. The number of nitrogens with two attached hydrogens (primary N) is 1. The Morgan fingerprint density at radius 1 is 1.38 bits per heavy atom. The summed E-state index contributed by atoms with van der Waals surface area (Å²) in [7, 11) is 2.18. The fourth-order valence-corrected chi connectivity index (χ4v) is 2.77. The van der Waals surface area contributed by atoms with E-state index >= 15 is 0 Å². The van der Waals surface area contributed by atoms with E-state index < -0.39 is 0 Å². The lowest BCUT2D eigenvalue weighted by Gasteiger charge is -2.35. The minimum Gasteiger partial charge on any atom is -0.328 e. The molecular formula is C13H19BrN2. The molecule has 1 aromatic rings. The van der Waals surface area contributed by atoms with Gasteiger partial charge in [0.25, 0.3) is 0 Å². The van der Waals surface area contributed by atoms with Gasteiger partial charge >= 0.3 is 0 Å². The van der Waals surface area contributed by atoms with Gasteiger partial charge in [-0.05, 0) is 37.4 Å². The monoisotopic (exact) mass is 282 g/mol. The summed E-state index contributed by atoms with van der Waals surface area (Å²) in [6.07, 6.45) is 2.39. The third kappa shape index (κ3) is 3.06. The minimum absolute atomic E-state index is 0.460. The fraction of sp³-hybridized carbons (Fsp3) is 0.538. The molecule has 2 N–H and O–H groups in total. The zero-order valence-corrected chi connectivity index (χ0v) is 11.3. The molecule has 0 atom stereocenters. The molecule has 0 bridgehead atoms. The van der Waals surface area contributed by atoms with Crippen LogP contribution < -0.4 is 5.73 Å². The lowest BCUT2D eigenvalue weighted by atomic mass is 9.80. The predicted octanol–water partition coefficient (Wildman–Crippen LogP) is 2.62. The van der Waals surface area contributed by atoms with Gasteiger partial charge in [0.1, 0.15) is 0 Å². The van der Waals surface area contributed by atoms with Crippen molar-refractivity contribution in [2.45, 2.75) is 25.4 Å². The average molecular weight is 283 g/mol. The second-order valence-electron chi connectivity index (χ2n) is 4.89. The van der Waals surface area contributed by atoms with Crippen LogP contribution in [0, 0.1) is 5.92 Å². The summed E-state index contributed by atoms with van der Waals surface area (Å²) in [5.74, 6) is 0.808. The SMILES string of the molecule is CN(Cc1ccccc1Br)CC1CC(N)C1. The highest BCUT2D eigenvalue weighted by atomic mass is 79.9. The molecule has 2 rings (SSSR count). The third-order valence-corrected chi connectivity index (χ3v) is 4.01. The van der Waals surface area contributed by atoms with Gasteiger partial charge in [0.15, 0.2) is 0 Å². The molecule has 1 aliphatic rings. The Balaban J connectivity index is 1.83. The molecule has 0 aliphatic heterocycles. The van der Waals surface area contributed by atoms with E-state index in [0.717, 1.165) is 19.0 Å². The van der Waals surface area contributed by atoms with Gasteiger partial charge in [-0.3, -0.25) is 0 Å². The molecule has 16 heavy (non-hydrogen) atoms. The van der Waals surface area contributed by atoms with Gasteiger partial charge in [0.2, 0.25) is 0 Å². The molecule has 1 fully saturated rings. The van der Waals surface area contributed by atoms with E-state index in [1.807, 2.05) is 0 Å². The molecule has 0 saturated heterocycles. The highest BCUT2D eigenvalue weighted by molar-refractivity contribution is 9.10. The van der Waals surface area contributed by atoms with E-state index in [9.17, 15) is 0 Å². The van der Waals surface area contributed by atoms with Crippen LogP contribution in [-0.2, 0) is 6.54 Å². The van der Waals surface area contributed by atoms with Crippen molar-refractivity contribution >= 4 is 15.9 Å². The summed E-state index contributed by atoms with van der Waals surface area (Å²) in [6, 6.07) is 8.88. The normalized spacial score (nSPS) is 24.5. The van der Waals surface area contributed by atoms with Crippen LogP contribution in [0.5, 0.6) is 0 Å². The largest absolute Gasteiger partial charge is 0.328 e. The van der Waals surface area contributed by atoms with Crippen molar-refractivity contribution in [2.24, 2.45) is 11.7 Å². The van der Waals surface area contributed by atoms with Crippen LogP contribution in [0.15, 0.2) is 28.7 Å². The van der Waals surface area contributed by atoms with Crippen LogP contribution in [0.25, 0.3) is 0 Å². The Bertz CT molecular complexity index is 348. The molecule has 0 amide bonds. The van der Waals surface area contributed by atoms with Crippen molar-refractivity contribution in [3.8, 4) is 0 Å². The van der Waals surface area contributed by atoms with Gasteiger partial charge in [-0.25, -0.2) is 0 Å². The van der Waals surface area contributed by atoms with E-state index in [1.54, 1.807) is 0 Å². The second kappa shape index (κ2) is 5.30. The summed E-state index contributed by atoms with van der Waals surface area (Å²) in [5, 5.41) is 0. The first-order valence-corrected chi connectivity index (χ1v) is 6.62. The quantitative estimate of drug-likeness (QED) is 0.920. The van der Waals surface area contributed by atoms with Gasteiger partial charge in [0.05, 0.1) is 0 Å². The maximum atomic E-state index is 5.80. The fourth-order valence-electron chi connectivity index (χ4n) is 2.36. The van der Waals surface area contributed by atoms with Crippen molar-refractivity contribution in [3.05, 3.63) is 34.3 Å². The maximum absolute atomic E-state index is 5.80. The van der Waals surface area contributed by atoms with E-state index in [1.165, 1.54) is 22.9 Å². The molecule has 88 valence electrons. The van der Waals surface area contributed by atoms with Crippen molar-refractivity contribution in [3.63, 3.8) is 0 Å². The molecule has 0 radical (unpaired) electrons. The van der Waals surface area contributed by atoms with Crippen LogP contribution in [0.1, 0.15) is 18.4 Å². The van der Waals surface area contributed by atoms with Gasteiger partial charge in [-0.15, -0.1) is 0 Å². The summed E-state index contributed by atoms with van der Waals surface area (Å²) in [5.41, 5.74) is 7.15. The molecule has 0 aromatic heterocycles. The standard InChI is InChI=1S/C13H19BrN2/c1-16(8-10-6-12(15)7-10)9-11-4-2-3-5-13(11)14/h2-5,10,12H,6-9,15H2,1H3. The zero-order chi connectivity index (χ0) is 11.5. The van der Waals surface area contributed by atoms with Crippen LogP contribution in [0.3, 0.4) is 0 Å². The topological polar surface area (TPSA) is 29.3 Å². The van der Waals surface area contributed by atoms with Crippen LogP contribution in [-0.4, -0.2) is 24.5 Å². The van der Waals surface area contributed by atoms with E-state index in [2.05, 4.69) is 52.1 Å². The van der Waals surface area contributed by atoms with Crippen molar-refractivity contribution < 1.29 is 0 Å². The first kappa shape index (κ1) is 12.1. The number of rotatable bonds is 4. The molecular weight excluding hydrogens is 264 g/mol. The molecule has 0 spiro atoms. The van der Waals surface area contributed by atoms with Gasteiger partial charge < -0.3 is 10.6 Å². The van der Waals surface area contributed by atoms with Crippen LogP contribution >= 0.6 is 15.9 Å². The van der Waals surface area contributed by atoms with Crippen LogP contribution in [0.2, 0.25) is 0 Å². The summed E-state index contributed by atoms with van der Waals surface area (Å²) in [4.78, 5) is 2.39. The molecule has 1 saturated carbocycles. The first-order chi connectivity index (χ1) is 7.65. The van der Waals surface area contributed by atoms with Crippen molar-refractivity contribution in [1.29, 1.82) is 0 Å². The highest BCUT2D eigenvalue weighted by Crippen LogP contribution is 2.27. The number of benzene rings is 1. The van der Waals surface area contributed by atoms with Gasteiger partial charge in [-0.1, -0.05) is 34.1 Å². The second-order valence-corrected chi connectivity index (χ2v) is 5.74. The average Bonchev–Trinajstić information content (AvgIpc) is 2.19. The molecule has 0 heterocycles. The Morgan fingerprint density at radius 2 is 2.06 bits per heavy atom. The summed E-state index contributed by atoms with van der Waals surface area (Å²) < 4.78 is 1.20. The number of hydrogen-bond donors (Lipinski definition) is 1. The first-order valence-electron chi connectivity index (χ1n) is 5.82. The van der Waals surface area contributed by atoms with E-state index in [-0.39, 0.29) is 0 Å². The van der Waals surface area contributed by atoms with Crippen molar-refractivity contribution in [1.82, 2.24) is 4.90 Å². The summed E-state index contributed by atoms with van der Waals surface area (Å²) >= 11 is 3.58. The highest BCUT2D eigenvalue weighted by Gasteiger charge is 2.26. The Labute approximate surface area is 106 Å². The van der Waals surface area contributed by atoms with Gasteiger partial charge in [-0.2, -0.15) is 0 Å². The molecule has 0 unspecified atom stereocenters. The Morgan fingerprint density at radius 3 is 2.69 bits per heavy atom. The van der Waals surface area contributed by atoms with Crippen molar-refractivity contribution in [2.75, 3.05) is 13.6 Å². The zero-order valence-electron chi connectivity index (χ0n) is 9.70. The Hall–Kier alpha value is -0.380. The minimum atomic E-state index is 0.460. The van der Waals surface area contributed by atoms with Crippen LogP contribution in [0.4, 0.5) is 0 Å². The summed E-state index contributed by atoms with van der Waals surface area (Å²) in [6.45, 7) is 2.17. The third-order valence-electron chi connectivity index (χ3n) is 3.24.